The minimum absolute atomic E-state index is 0.141. The first-order valence-electron chi connectivity index (χ1n) is 1.68. The van der Waals surface area contributed by atoms with Crippen LogP contribution in [0.5, 0.6) is 0 Å². The van der Waals surface area contributed by atoms with Crippen LogP contribution in [0.2, 0.25) is 0 Å². The summed E-state index contributed by atoms with van der Waals surface area (Å²) in [6.45, 7) is 0. The van der Waals surface area contributed by atoms with Crippen LogP contribution in [0.1, 0.15) is 0 Å². The Bertz CT molecular complexity index is 147. The molecule has 0 amide bonds. The lowest BCUT2D eigenvalue weighted by atomic mass is 10.7. The van der Waals surface area contributed by atoms with Crippen molar-refractivity contribution in [2.24, 2.45) is 5.29 Å². The van der Waals surface area contributed by atoms with Crippen LogP contribution < -0.4 is 5.43 Å². The number of hydrogen-bond acceptors (Lipinski definition) is 4. The minimum atomic E-state index is 0.141. The predicted molar refractivity (Wildman–Crippen MR) is 31.6 cm³/mol. The third-order valence-electron chi connectivity index (χ3n) is 0.361. The fourth-order valence-corrected chi connectivity index (χ4v) is 0.239. The average Bonchev–Trinajstić information content (AvgIpc) is 1.68. The zero-order chi connectivity index (χ0) is 6.41. The van der Waals surface area contributed by atoms with E-state index < -0.39 is 0 Å². The molecule has 0 atom stereocenters. The molecule has 0 aliphatic rings. The van der Waals surface area contributed by atoms with Gasteiger partial charge in [-0.05, 0) is 0 Å². The Kier molecular flexibility index (Phi) is 3.62. The molecule has 42 valence electrons. The van der Waals surface area contributed by atoms with Gasteiger partial charge in [0.25, 0.3) is 0 Å². The molecule has 0 rings (SSSR count). The first-order valence-corrected chi connectivity index (χ1v) is 2.13. The van der Waals surface area contributed by atoms with E-state index in [1.807, 2.05) is 5.43 Å². The van der Waals surface area contributed by atoms with E-state index in [4.69, 9.17) is 5.26 Å². The Morgan fingerprint density at radius 3 is 3.00 bits per heavy atom. The van der Waals surface area contributed by atoms with Gasteiger partial charge >= 0.3 is 0 Å². The van der Waals surface area contributed by atoms with Gasteiger partial charge in [-0.1, -0.05) is 0 Å². The van der Waals surface area contributed by atoms with E-state index in [1.54, 1.807) is 6.07 Å². The Morgan fingerprint density at radius 2 is 2.62 bits per heavy atom. The largest absolute Gasteiger partial charge is 0.235 e. The van der Waals surface area contributed by atoms with Gasteiger partial charge in [0.1, 0.15) is 0 Å². The highest BCUT2D eigenvalue weighted by atomic mass is 32.1. The highest BCUT2D eigenvalue weighted by Gasteiger charge is 1.81. The molecular weight excluding hydrogens is 126 g/mol. The minimum Gasteiger partial charge on any atom is -0.235 e. The topological polar surface area (TPSA) is 65.2 Å². The summed E-state index contributed by atoms with van der Waals surface area (Å²) in [7, 11) is 0. The Balaban J connectivity index is 3.65. The fourth-order valence-electron chi connectivity index (χ4n) is 0.140. The molecule has 0 aromatic heterocycles. The van der Waals surface area contributed by atoms with Crippen LogP contribution in [0.3, 0.4) is 0 Å². The molecule has 0 aromatic carbocycles. The van der Waals surface area contributed by atoms with Gasteiger partial charge in [-0.15, -0.1) is 17.5 Å². The summed E-state index contributed by atoms with van der Waals surface area (Å²) >= 11 is 3.62. The predicted octanol–water partition coefficient (Wildman–Crippen LogP) is 0.552. The van der Waals surface area contributed by atoms with Crippen LogP contribution in [-0.4, -0.2) is 0 Å². The summed E-state index contributed by atoms with van der Waals surface area (Å²) < 4.78 is 0. The molecule has 4 nitrogen and oxygen atoms in total. The quantitative estimate of drug-likeness (QED) is 0.248. The summed E-state index contributed by atoms with van der Waals surface area (Å²) in [5.41, 5.74) is 1.92. The molecule has 0 fully saturated rings. The molecule has 0 aliphatic carbocycles. The molecule has 5 heteroatoms. The first kappa shape index (κ1) is 6.98. The summed E-state index contributed by atoms with van der Waals surface area (Å²) in [5.74, 6) is 0. The van der Waals surface area contributed by atoms with Crippen LogP contribution in [-0.2, 0) is 0 Å². The first-order chi connectivity index (χ1) is 3.81. The number of nitroso groups, excluding NO2 is 1. The van der Waals surface area contributed by atoms with Crippen molar-refractivity contribution in [1.29, 1.82) is 5.26 Å². The average molecular weight is 129 g/mol. The number of nitrogens with zero attached hydrogens (tertiary/aromatic N) is 2. The van der Waals surface area contributed by atoms with E-state index in [0.717, 1.165) is 6.08 Å². The monoisotopic (exact) mass is 129 g/mol. The molecule has 1 N–H and O–H groups in total. The van der Waals surface area contributed by atoms with Crippen LogP contribution >= 0.6 is 12.6 Å². The van der Waals surface area contributed by atoms with Crippen molar-refractivity contribution in [2.75, 3.05) is 0 Å². The number of hydrogen-bond donors (Lipinski definition) is 2. The zero-order valence-corrected chi connectivity index (χ0v) is 4.72. The highest BCUT2D eigenvalue weighted by Crippen LogP contribution is 1.90. The maximum absolute atomic E-state index is 9.33. The molecule has 8 heavy (non-hydrogen) atoms. The Labute approximate surface area is 51.5 Å². The van der Waals surface area contributed by atoms with Crippen LogP contribution in [0.25, 0.3) is 0 Å². The standard InChI is InChI=1S/C3H3N3OS/c4-2-1-3(8)5-6-7/h1,8H,(H,5,7)/b3-1-. The number of nitrogens with one attached hydrogen (secondary N) is 1. The molecule has 0 aliphatic heterocycles. The van der Waals surface area contributed by atoms with Crippen LogP contribution in [0.15, 0.2) is 16.4 Å². The summed E-state index contributed by atoms with van der Waals surface area (Å²) in [6, 6.07) is 1.65. The Hall–Kier alpha value is -1.02. The van der Waals surface area contributed by atoms with E-state index in [1.165, 1.54) is 0 Å². The molecule has 0 saturated heterocycles. The molecular formula is C3H3N3OS. The van der Waals surface area contributed by atoms with Gasteiger partial charge in [0.05, 0.1) is 16.4 Å². The van der Waals surface area contributed by atoms with Gasteiger partial charge in [0.15, 0.2) is 0 Å². The lowest BCUT2D eigenvalue weighted by Gasteiger charge is -1.85. The Morgan fingerprint density at radius 1 is 2.00 bits per heavy atom. The molecule has 0 saturated carbocycles. The number of nitriles is 1. The van der Waals surface area contributed by atoms with E-state index in [-0.39, 0.29) is 5.03 Å². The maximum atomic E-state index is 9.33. The van der Waals surface area contributed by atoms with E-state index >= 15 is 0 Å². The SMILES string of the molecule is N#C/C=C(\S)NN=O. The van der Waals surface area contributed by atoms with E-state index in [0.29, 0.717) is 0 Å². The molecule has 0 bridgehead atoms. The highest BCUT2D eigenvalue weighted by molar-refractivity contribution is 7.84. The second-order valence-electron chi connectivity index (χ2n) is 0.862. The van der Waals surface area contributed by atoms with Crippen molar-refractivity contribution < 1.29 is 0 Å². The lowest BCUT2D eigenvalue weighted by Crippen LogP contribution is -1.95. The molecule has 0 heterocycles. The van der Waals surface area contributed by atoms with Crippen molar-refractivity contribution >= 4 is 12.6 Å². The number of rotatable bonds is 2. The summed E-state index contributed by atoms with van der Waals surface area (Å²) in [5, 5.41) is 10.3. The number of allylic oxidation sites excluding steroid dienone is 1. The number of thiol groups is 1. The van der Waals surface area contributed by atoms with Gasteiger partial charge in [-0.25, -0.2) is 5.43 Å². The van der Waals surface area contributed by atoms with Gasteiger partial charge in [-0.3, -0.25) is 0 Å². The normalized spacial score (nSPS) is 9.75. The van der Waals surface area contributed by atoms with Gasteiger partial charge in [0, 0.05) is 6.08 Å². The van der Waals surface area contributed by atoms with Crippen LogP contribution in [0.4, 0.5) is 0 Å². The summed E-state index contributed by atoms with van der Waals surface area (Å²) in [4.78, 5) is 9.33. The van der Waals surface area contributed by atoms with Crippen LogP contribution in [0, 0.1) is 16.2 Å². The second kappa shape index (κ2) is 4.15. The third-order valence-corrected chi connectivity index (χ3v) is 0.591. The lowest BCUT2D eigenvalue weighted by molar-refractivity contribution is 0.939. The molecule has 0 aromatic rings. The molecule has 0 radical (unpaired) electrons. The van der Waals surface area contributed by atoms with Gasteiger partial charge in [-0.2, -0.15) is 5.26 Å². The van der Waals surface area contributed by atoms with Gasteiger partial charge < -0.3 is 0 Å². The fraction of sp³-hybridized carbons (Fsp3) is 0. The van der Waals surface area contributed by atoms with Crippen molar-refractivity contribution in [1.82, 2.24) is 5.43 Å². The zero-order valence-electron chi connectivity index (χ0n) is 3.83. The van der Waals surface area contributed by atoms with Crippen molar-refractivity contribution in [3.63, 3.8) is 0 Å². The third kappa shape index (κ3) is 3.18. The second-order valence-corrected chi connectivity index (χ2v) is 1.34. The van der Waals surface area contributed by atoms with Crippen molar-refractivity contribution in [2.45, 2.75) is 0 Å². The van der Waals surface area contributed by atoms with Crippen molar-refractivity contribution in [3.05, 3.63) is 16.0 Å². The van der Waals surface area contributed by atoms with E-state index in [9.17, 15) is 4.91 Å². The van der Waals surface area contributed by atoms with E-state index in [2.05, 4.69) is 17.9 Å². The smallest absolute Gasteiger partial charge is 0.0998 e. The molecule has 0 unspecified atom stereocenters. The summed E-state index contributed by atoms with van der Waals surface area (Å²) in [6.07, 6.45) is 1.06. The van der Waals surface area contributed by atoms with Crippen molar-refractivity contribution in [3.8, 4) is 6.07 Å². The van der Waals surface area contributed by atoms with Gasteiger partial charge in [0.2, 0.25) is 0 Å². The maximum Gasteiger partial charge on any atom is 0.0998 e. The molecule has 0 spiro atoms.